The molecular weight excluding hydrogens is 529 g/mol. The smallest absolute Gasteiger partial charge is 0.316 e. The van der Waals surface area contributed by atoms with Crippen molar-refractivity contribution in [2.45, 2.75) is 83.2 Å². The first-order chi connectivity index (χ1) is 19.4. The average Bonchev–Trinajstić information content (AvgIpc) is 2.97. The van der Waals surface area contributed by atoms with Crippen molar-refractivity contribution in [1.82, 2.24) is 24.4 Å². The van der Waals surface area contributed by atoms with Crippen molar-refractivity contribution in [2.24, 2.45) is 0 Å². The summed E-state index contributed by atoms with van der Waals surface area (Å²) in [5, 5.41) is 0.440. The molecule has 0 bridgehead atoms. The quantitative estimate of drug-likeness (QED) is 0.127. The topological polar surface area (TPSA) is 90.2 Å². The molecule has 40 heavy (non-hydrogen) atoms. The number of thioether (sulfide) groups is 1. The molecule has 0 spiro atoms. The van der Waals surface area contributed by atoms with Crippen molar-refractivity contribution in [3.05, 3.63) is 75.7 Å². The molecule has 0 atom stereocenters. The lowest BCUT2D eigenvalue weighted by molar-refractivity contribution is -0.130. The molecule has 1 amide bonds. The Morgan fingerprint density at radius 2 is 1.68 bits per heavy atom. The number of likely N-dealkylation sites (N-methyl/N-ethyl adjacent to an activating group) is 1. The van der Waals surface area contributed by atoms with Crippen LogP contribution in [0.4, 0.5) is 4.39 Å². The van der Waals surface area contributed by atoms with E-state index in [9.17, 15) is 14.0 Å². The average molecular weight is 572 g/mol. The molecule has 3 rings (SSSR count). The van der Waals surface area contributed by atoms with E-state index in [-0.39, 0.29) is 36.3 Å². The molecule has 0 fully saturated rings. The Labute approximate surface area is 241 Å². The number of unbranched alkanes of at least 4 members (excludes halogenated alkanes) is 5. The third-order valence-corrected chi connectivity index (χ3v) is 7.21. The lowest BCUT2D eigenvalue weighted by atomic mass is 10.1. The van der Waals surface area contributed by atoms with Gasteiger partial charge in [0.25, 0.3) is 5.56 Å². The molecule has 2 heterocycles. The number of ether oxygens (including phenoxy) is 1. The molecule has 3 aromatic rings. The van der Waals surface area contributed by atoms with Gasteiger partial charge in [-0.25, -0.2) is 14.4 Å². The van der Waals surface area contributed by atoms with Crippen LogP contribution in [0.25, 0.3) is 0 Å². The molecule has 2 aromatic heterocycles. The summed E-state index contributed by atoms with van der Waals surface area (Å²) in [6, 6.07) is 6.44. The first-order valence-corrected chi connectivity index (χ1v) is 14.9. The van der Waals surface area contributed by atoms with Crippen LogP contribution >= 0.6 is 11.8 Å². The van der Waals surface area contributed by atoms with Gasteiger partial charge in [-0.2, -0.15) is 4.98 Å². The molecule has 0 radical (unpaired) electrons. The van der Waals surface area contributed by atoms with E-state index in [0.717, 1.165) is 24.0 Å². The fourth-order valence-corrected chi connectivity index (χ4v) is 4.80. The van der Waals surface area contributed by atoms with Crippen molar-refractivity contribution >= 4 is 17.7 Å². The van der Waals surface area contributed by atoms with E-state index in [0.29, 0.717) is 23.0 Å². The van der Waals surface area contributed by atoms with Crippen LogP contribution in [0.3, 0.4) is 0 Å². The van der Waals surface area contributed by atoms with Gasteiger partial charge in [0.15, 0.2) is 5.16 Å². The van der Waals surface area contributed by atoms with Crippen LogP contribution in [0.15, 0.2) is 52.8 Å². The van der Waals surface area contributed by atoms with E-state index in [2.05, 4.69) is 21.9 Å². The van der Waals surface area contributed by atoms with Crippen LogP contribution in [0.2, 0.25) is 0 Å². The number of hydrogen-bond acceptors (Lipinski definition) is 7. The number of nitrogens with zero attached hydrogens (tertiary/aromatic N) is 5. The molecule has 8 nitrogen and oxygen atoms in total. The van der Waals surface area contributed by atoms with Gasteiger partial charge in [-0.05, 0) is 29.7 Å². The molecule has 0 saturated heterocycles. The third kappa shape index (κ3) is 11.1. The SMILES string of the molecule is CC.CCCCCCCCN(C)C(=O)Cn1cc(Cc2cnc(OC)nc2)c(=O)nc1SCc1ccc(F)cc1. The van der Waals surface area contributed by atoms with Crippen LogP contribution in [0.5, 0.6) is 6.01 Å². The lowest BCUT2D eigenvalue weighted by Crippen LogP contribution is -2.32. The zero-order valence-corrected chi connectivity index (χ0v) is 25.2. The Balaban J connectivity index is 0.00000274. The molecule has 0 aliphatic rings. The molecule has 0 aliphatic heterocycles. The molecule has 1 aromatic carbocycles. The van der Waals surface area contributed by atoms with Crippen LogP contribution in [-0.4, -0.2) is 51.0 Å². The van der Waals surface area contributed by atoms with Gasteiger partial charge in [0.05, 0.1) is 7.11 Å². The van der Waals surface area contributed by atoms with Crippen LogP contribution in [0, 0.1) is 5.82 Å². The second-order valence-corrected chi connectivity index (χ2v) is 10.2. The summed E-state index contributed by atoms with van der Waals surface area (Å²) >= 11 is 1.34. The first-order valence-electron chi connectivity index (χ1n) is 14.0. The zero-order valence-electron chi connectivity index (χ0n) is 24.4. The maximum Gasteiger partial charge on any atom is 0.316 e. The predicted molar refractivity (Wildman–Crippen MR) is 158 cm³/mol. The minimum atomic E-state index is -0.369. The number of hydrogen-bond donors (Lipinski definition) is 0. The van der Waals surface area contributed by atoms with Gasteiger partial charge < -0.3 is 14.2 Å². The highest BCUT2D eigenvalue weighted by molar-refractivity contribution is 7.98. The number of methoxy groups -OCH3 is 1. The zero-order chi connectivity index (χ0) is 29.3. The lowest BCUT2D eigenvalue weighted by Gasteiger charge is -2.20. The van der Waals surface area contributed by atoms with Crippen molar-refractivity contribution in [1.29, 1.82) is 0 Å². The van der Waals surface area contributed by atoms with Crippen molar-refractivity contribution in [2.75, 3.05) is 20.7 Å². The fourth-order valence-electron chi connectivity index (χ4n) is 3.88. The van der Waals surface area contributed by atoms with E-state index >= 15 is 0 Å². The highest BCUT2D eigenvalue weighted by Gasteiger charge is 2.16. The summed E-state index contributed by atoms with van der Waals surface area (Å²) in [5.74, 6) is 0.131. The summed E-state index contributed by atoms with van der Waals surface area (Å²) < 4.78 is 20.0. The number of rotatable bonds is 15. The molecule has 0 N–H and O–H groups in total. The Kier molecular flexibility index (Phi) is 14.9. The summed E-state index contributed by atoms with van der Waals surface area (Å²) in [6.07, 6.45) is 12.1. The molecule has 0 saturated carbocycles. The molecule has 0 aliphatic carbocycles. The van der Waals surface area contributed by atoms with Crippen molar-refractivity contribution in [3.63, 3.8) is 0 Å². The minimum Gasteiger partial charge on any atom is -0.467 e. The minimum absolute atomic E-state index is 0.0497. The summed E-state index contributed by atoms with van der Waals surface area (Å²) in [7, 11) is 3.30. The van der Waals surface area contributed by atoms with Gasteiger partial charge in [-0.1, -0.05) is 76.8 Å². The summed E-state index contributed by atoms with van der Waals surface area (Å²) in [6.45, 7) is 6.95. The largest absolute Gasteiger partial charge is 0.467 e. The highest BCUT2D eigenvalue weighted by Crippen LogP contribution is 2.21. The third-order valence-electron chi connectivity index (χ3n) is 6.15. The number of halogens is 1. The highest BCUT2D eigenvalue weighted by atomic mass is 32.2. The van der Waals surface area contributed by atoms with Crippen LogP contribution < -0.4 is 10.3 Å². The van der Waals surface area contributed by atoms with Gasteiger partial charge in [0, 0.05) is 49.9 Å². The second kappa shape index (κ2) is 18.1. The van der Waals surface area contributed by atoms with Gasteiger partial charge in [0.1, 0.15) is 12.4 Å². The van der Waals surface area contributed by atoms with Gasteiger partial charge in [0.2, 0.25) is 5.91 Å². The van der Waals surface area contributed by atoms with Crippen LogP contribution in [0.1, 0.15) is 76.0 Å². The molecule has 0 unspecified atom stereocenters. The van der Waals surface area contributed by atoms with Gasteiger partial charge >= 0.3 is 6.01 Å². The van der Waals surface area contributed by atoms with Crippen molar-refractivity contribution < 1.29 is 13.9 Å². The number of carbonyl (C=O) groups excluding carboxylic acids is 1. The monoisotopic (exact) mass is 571 g/mol. The van der Waals surface area contributed by atoms with E-state index in [1.807, 2.05) is 20.9 Å². The Bertz CT molecular complexity index is 1220. The maximum atomic E-state index is 13.3. The molecule has 218 valence electrons. The normalized spacial score (nSPS) is 10.6. The Hall–Kier alpha value is -3.27. The van der Waals surface area contributed by atoms with Crippen LogP contribution in [-0.2, 0) is 23.5 Å². The maximum absolute atomic E-state index is 13.3. The van der Waals surface area contributed by atoms with Gasteiger partial charge in [-0.3, -0.25) is 9.59 Å². The number of aromatic nitrogens is 4. The summed E-state index contributed by atoms with van der Waals surface area (Å²) in [5.41, 5.74) is 1.69. The first kappa shape index (κ1) is 32.9. The molecular formula is C30H42FN5O3S. The molecule has 10 heteroatoms. The number of amides is 1. The van der Waals surface area contributed by atoms with E-state index in [4.69, 9.17) is 4.74 Å². The Morgan fingerprint density at radius 3 is 2.33 bits per heavy atom. The number of carbonyl (C=O) groups is 1. The predicted octanol–water partition coefficient (Wildman–Crippen LogP) is 5.91. The second-order valence-electron chi connectivity index (χ2n) is 9.23. The summed E-state index contributed by atoms with van der Waals surface area (Å²) in [4.78, 5) is 40.2. The number of benzene rings is 1. The van der Waals surface area contributed by atoms with E-state index < -0.39 is 0 Å². The van der Waals surface area contributed by atoms with Crippen molar-refractivity contribution in [3.8, 4) is 6.01 Å². The van der Waals surface area contributed by atoms with E-state index in [1.54, 1.807) is 40.2 Å². The fraction of sp³-hybridized carbons (Fsp3) is 0.500. The van der Waals surface area contributed by atoms with Gasteiger partial charge in [-0.15, -0.1) is 0 Å². The van der Waals surface area contributed by atoms with E-state index in [1.165, 1.54) is 56.7 Å². The standard InChI is InChI=1S/C28H36FN5O3S.C2H6/c1-4-5-6-7-8-9-14-33(2)25(35)19-34-18-23(15-22-16-30-27(37-3)31-17-22)26(36)32-28(34)38-20-21-10-12-24(29)13-11-21;1-2/h10-13,16-18H,4-9,14-15,19-20H2,1-3H3;1-2H3. The Morgan fingerprint density at radius 1 is 1.02 bits per heavy atom.